The Balaban J connectivity index is 1.21. The Morgan fingerprint density at radius 1 is 0.838 bits per heavy atom. The molecule has 4 aliphatic rings. The van der Waals surface area contributed by atoms with Crippen LogP contribution in [-0.2, 0) is 19.6 Å². The van der Waals surface area contributed by atoms with Crippen LogP contribution in [0.3, 0.4) is 0 Å². The van der Waals surface area contributed by atoms with Crippen molar-refractivity contribution in [2.24, 2.45) is 41.4 Å². The predicted octanol–water partition coefficient (Wildman–Crippen LogP) is 6.10. The molecular formula is C30H54NO5S+. The zero-order valence-electron chi connectivity index (χ0n) is 23.8. The molecule has 4 rings (SSSR count). The number of nitrogens with zero attached hydrogens (tertiary/aromatic N) is 1. The molecular weight excluding hydrogens is 486 g/mol. The highest BCUT2D eigenvalue weighted by Gasteiger charge is 2.63. The van der Waals surface area contributed by atoms with E-state index in [2.05, 4.69) is 20.8 Å². The van der Waals surface area contributed by atoms with Crippen LogP contribution in [-0.4, -0.2) is 61.5 Å². The molecule has 37 heavy (non-hydrogen) atoms. The summed E-state index contributed by atoms with van der Waals surface area (Å²) in [5.74, 6) is 4.71. The number of hydrogen-bond acceptors (Lipinski definition) is 4. The molecule has 214 valence electrons. The third-order valence-corrected chi connectivity index (χ3v) is 12.2. The maximum atomic E-state index is 13.0. The van der Waals surface area contributed by atoms with Gasteiger partial charge in [-0.2, -0.15) is 8.42 Å². The van der Waals surface area contributed by atoms with Crippen molar-refractivity contribution in [1.82, 2.24) is 0 Å². The standard InChI is InChI=1S/C30H53NO5S/c1-4-7-16-31(14-5-2,15-6-3)17-8-10-25(37(33,34)35)11-9-18-36-30(32)27-21-24-20-26(27)29-23-13-12-22(19-23)28(24)29/h22-29H,4-21H2,1-3H3/p+1. The topological polar surface area (TPSA) is 80.7 Å². The first-order chi connectivity index (χ1) is 17.7. The number of esters is 1. The molecule has 0 spiro atoms. The summed E-state index contributed by atoms with van der Waals surface area (Å²) in [6.07, 6.45) is 13.1. The van der Waals surface area contributed by atoms with E-state index >= 15 is 0 Å². The highest BCUT2D eigenvalue weighted by atomic mass is 32.2. The minimum atomic E-state index is -4.11. The van der Waals surface area contributed by atoms with E-state index in [-0.39, 0.29) is 18.5 Å². The Labute approximate surface area is 226 Å². The van der Waals surface area contributed by atoms with Gasteiger partial charge in [-0.3, -0.25) is 9.35 Å². The molecule has 1 N–H and O–H groups in total. The molecule has 0 aromatic rings. The molecule has 8 unspecified atom stereocenters. The fourth-order valence-corrected chi connectivity index (χ4v) is 10.6. The van der Waals surface area contributed by atoms with Crippen molar-refractivity contribution in [2.75, 3.05) is 32.8 Å². The normalized spacial score (nSPS) is 33.1. The average molecular weight is 541 g/mol. The van der Waals surface area contributed by atoms with Gasteiger partial charge >= 0.3 is 5.97 Å². The van der Waals surface area contributed by atoms with Crippen LogP contribution in [0.5, 0.6) is 0 Å². The van der Waals surface area contributed by atoms with E-state index in [1.807, 2.05) is 0 Å². The van der Waals surface area contributed by atoms with Crippen molar-refractivity contribution < 1.29 is 27.0 Å². The van der Waals surface area contributed by atoms with Crippen LogP contribution in [0.2, 0.25) is 0 Å². The van der Waals surface area contributed by atoms with Crippen molar-refractivity contribution >= 4 is 16.1 Å². The Bertz CT molecular complexity index is 854. The molecule has 0 heterocycles. The van der Waals surface area contributed by atoms with Gasteiger partial charge in [0.2, 0.25) is 0 Å². The maximum Gasteiger partial charge on any atom is 0.309 e. The first-order valence-electron chi connectivity index (χ1n) is 15.7. The Hall–Kier alpha value is -0.660. The molecule has 7 heteroatoms. The number of carbonyl (C=O) groups is 1. The lowest BCUT2D eigenvalue weighted by Crippen LogP contribution is -2.50. The van der Waals surface area contributed by atoms with Crippen LogP contribution in [0.4, 0.5) is 0 Å². The predicted molar refractivity (Wildman–Crippen MR) is 147 cm³/mol. The number of ether oxygens (including phenoxy) is 1. The smallest absolute Gasteiger partial charge is 0.309 e. The lowest BCUT2D eigenvalue weighted by Gasteiger charge is -2.39. The summed E-state index contributed by atoms with van der Waals surface area (Å²) >= 11 is 0. The van der Waals surface area contributed by atoms with Crippen molar-refractivity contribution in [2.45, 2.75) is 109 Å². The quantitative estimate of drug-likeness (QED) is 0.0792. The van der Waals surface area contributed by atoms with E-state index in [1.54, 1.807) is 0 Å². The monoisotopic (exact) mass is 540 g/mol. The second kappa shape index (κ2) is 12.7. The lowest BCUT2D eigenvalue weighted by molar-refractivity contribution is -0.928. The highest BCUT2D eigenvalue weighted by molar-refractivity contribution is 7.86. The molecule has 4 aliphatic carbocycles. The van der Waals surface area contributed by atoms with Gasteiger partial charge in [0.05, 0.1) is 44.0 Å². The fourth-order valence-electron chi connectivity index (χ4n) is 9.64. The van der Waals surface area contributed by atoms with Gasteiger partial charge in [-0.05, 0) is 113 Å². The summed E-state index contributed by atoms with van der Waals surface area (Å²) in [7, 11) is -4.11. The summed E-state index contributed by atoms with van der Waals surface area (Å²) in [5, 5.41) is -0.764. The van der Waals surface area contributed by atoms with Gasteiger partial charge in [0.1, 0.15) is 0 Å². The third-order valence-electron chi connectivity index (χ3n) is 10.9. The zero-order chi connectivity index (χ0) is 26.6. The maximum absolute atomic E-state index is 13.0. The van der Waals surface area contributed by atoms with Crippen LogP contribution in [0.15, 0.2) is 0 Å². The largest absolute Gasteiger partial charge is 0.465 e. The van der Waals surface area contributed by atoms with Crippen LogP contribution < -0.4 is 0 Å². The molecule has 6 nitrogen and oxygen atoms in total. The highest BCUT2D eigenvalue weighted by Crippen LogP contribution is 2.68. The van der Waals surface area contributed by atoms with Crippen molar-refractivity contribution in [3.8, 4) is 0 Å². The van der Waals surface area contributed by atoms with Gasteiger partial charge in [-0.1, -0.05) is 27.2 Å². The zero-order valence-corrected chi connectivity index (χ0v) is 24.6. The van der Waals surface area contributed by atoms with Crippen LogP contribution in [0.25, 0.3) is 0 Å². The Kier molecular flexibility index (Phi) is 10.0. The van der Waals surface area contributed by atoms with Gasteiger partial charge in [-0.25, -0.2) is 0 Å². The minimum absolute atomic E-state index is 0.0470. The van der Waals surface area contributed by atoms with Crippen LogP contribution >= 0.6 is 0 Å². The number of carbonyl (C=O) groups excluding carboxylic acids is 1. The molecule has 0 amide bonds. The first kappa shape index (κ1) is 29.3. The molecule has 0 aromatic carbocycles. The molecule has 0 aromatic heterocycles. The number of unbranched alkanes of at least 4 members (excludes halogenated alkanes) is 1. The summed E-state index contributed by atoms with van der Waals surface area (Å²) in [5.41, 5.74) is 0. The number of quaternary nitrogens is 1. The van der Waals surface area contributed by atoms with Crippen molar-refractivity contribution in [3.63, 3.8) is 0 Å². The summed E-state index contributed by atoms with van der Waals surface area (Å²) in [6.45, 7) is 11.3. The fraction of sp³-hybridized carbons (Fsp3) is 0.967. The van der Waals surface area contributed by atoms with E-state index in [4.69, 9.17) is 4.74 Å². The van der Waals surface area contributed by atoms with Gasteiger partial charge in [0.15, 0.2) is 0 Å². The van der Waals surface area contributed by atoms with Crippen molar-refractivity contribution in [1.29, 1.82) is 0 Å². The molecule has 0 radical (unpaired) electrons. The minimum Gasteiger partial charge on any atom is -0.465 e. The van der Waals surface area contributed by atoms with Gasteiger partial charge < -0.3 is 9.22 Å². The summed E-state index contributed by atoms with van der Waals surface area (Å²) < 4.78 is 41.0. The molecule has 4 fully saturated rings. The van der Waals surface area contributed by atoms with Gasteiger partial charge in [0, 0.05) is 0 Å². The number of fused-ring (bicyclic) bond motifs is 9. The van der Waals surface area contributed by atoms with E-state index in [0.717, 1.165) is 85.9 Å². The molecule has 4 saturated carbocycles. The molecule has 8 atom stereocenters. The first-order valence-corrected chi connectivity index (χ1v) is 17.2. The van der Waals surface area contributed by atoms with Crippen LogP contribution in [0, 0.1) is 41.4 Å². The number of rotatable bonds is 17. The average Bonchev–Trinajstić information content (AvgIpc) is 3.64. The van der Waals surface area contributed by atoms with Crippen molar-refractivity contribution in [3.05, 3.63) is 0 Å². The molecule has 0 aliphatic heterocycles. The second-order valence-electron chi connectivity index (χ2n) is 13.2. The third kappa shape index (κ3) is 6.57. The summed E-state index contributed by atoms with van der Waals surface area (Å²) in [6, 6.07) is 0. The SMILES string of the molecule is CCCC[N+](CCC)(CCC)CCCC(CCCOC(=O)C1CC2CC1C1C3CCC(C3)C21)S(=O)(=O)O. The van der Waals surface area contributed by atoms with E-state index in [0.29, 0.717) is 25.2 Å². The van der Waals surface area contributed by atoms with Gasteiger partial charge in [-0.15, -0.1) is 0 Å². The van der Waals surface area contributed by atoms with Crippen LogP contribution in [0.1, 0.15) is 104 Å². The lowest BCUT2D eigenvalue weighted by atomic mass is 9.67. The number of hydrogen-bond donors (Lipinski definition) is 1. The second-order valence-corrected chi connectivity index (χ2v) is 14.9. The Morgan fingerprint density at radius 3 is 2.14 bits per heavy atom. The van der Waals surface area contributed by atoms with E-state index < -0.39 is 15.4 Å². The molecule has 4 bridgehead atoms. The molecule has 0 saturated heterocycles. The van der Waals surface area contributed by atoms with E-state index in [9.17, 15) is 17.8 Å². The van der Waals surface area contributed by atoms with Gasteiger partial charge in [0.25, 0.3) is 10.1 Å². The Morgan fingerprint density at radius 2 is 1.49 bits per heavy atom. The van der Waals surface area contributed by atoms with E-state index in [1.165, 1.54) is 38.5 Å². The summed E-state index contributed by atoms with van der Waals surface area (Å²) in [4.78, 5) is 13.0.